The van der Waals surface area contributed by atoms with Crippen LogP contribution in [0.15, 0.2) is 60.9 Å². The van der Waals surface area contributed by atoms with Crippen molar-refractivity contribution in [3.05, 3.63) is 72.1 Å². The number of rotatable bonds is 7. The predicted octanol–water partition coefficient (Wildman–Crippen LogP) is 2.29. The van der Waals surface area contributed by atoms with Gasteiger partial charge in [0.15, 0.2) is 0 Å². The van der Waals surface area contributed by atoms with Gasteiger partial charge in [0, 0.05) is 26.4 Å². The van der Waals surface area contributed by atoms with E-state index in [-0.39, 0.29) is 18.4 Å². The molecule has 3 atom stereocenters. The Kier molecular flexibility index (Phi) is 6.81. The first-order chi connectivity index (χ1) is 16.8. The van der Waals surface area contributed by atoms with Gasteiger partial charge in [-0.25, -0.2) is 9.78 Å². The fourth-order valence-corrected chi connectivity index (χ4v) is 4.46. The Bertz CT molecular complexity index is 1230. The van der Waals surface area contributed by atoms with Crippen LogP contribution < -0.4 is 16.0 Å². The number of imide groups is 1. The van der Waals surface area contributed by atoms with Gasteiger partial charge in [-0.3, -0.25) is 24.1 Å². The molecule has 1 unspecified atom stereocenters. The summed E-state index contributed by atoms with van der Waals surface area (Å²) in [6, 6.07) is 12.8. The number of nitrogens with one attached hydrogen (secondary N) is 1. The summed E-state index contributed by atoms with van der Waals surface area (Å²) < 4.78 is 1.56. The molecule has 0 aliphatic carbocycles. The van der Waals surface area contributed by atoms with Crippen LogP contribution in [-0.4, -0.2) is 50.6 Å². The molecule has 0 saturated carbocycles. The van der Waals surface area contributed by atoms with Crippen LogP contribution in [0.3, 0.4) is 0 Å². The number of pyridine rings is 1. The molecule has 0 spiro atoms. The number of nitrogen functional groups attached to an aromatic ring is 1. The summed E-state index contributed by atoms with van der Waals surface area (Å²) in [6.07, 6.45) is 4.03. The molecule has 182 valence electrons. The van der Waals surface area contributed by atoms with Crippen LogP contribution in [0.2, 0.25) is 0 Å². The summed E-state index contributed by atoms with van der Waals surface area (Å²) >= 11 is 0. The highest BCUT2D eigenvalue weighted by molar-refractivity contribution is 6.12. The molecule has 3 aromatic rings. The molecule has 35 heavy (non-hydrogen) atoms. The summed E-state index contributed by atoms with van der Waals surface area (Å²) in [5.74, 6) is -0.604. The Labute approximate surface area is 203 Å². The monoisotopic (exact) mass is 475 g/mol. The first-order valence-corrected chi connectivity index (χ1v) is 11.5. The molecule has 1 aromatic carbocycles. The average molecular weight is 476 g/mol. The number of urea groups is 1. The van der Waals surface area contributed by atoms with Gasteiger partial charge in [-0.15, -0.1) is 0 Å². The highest BCUT2D eigenvalue weighted by Crippen LogP contribution is 2.33. The third-order valence-corrected chi connectivity index (χ3v) is 6.36. The summed E-state index contributed by atoms with van der Waals surface area (Å²) in [7, 11) is 3.33. The van der Waals surface area contributed by atoms with Crippen molar-refractivity contribution in [3.8, 4) is 0 Å². The van der Waals surface area contributed by atoms with Crippen molar-refractivity contribution >= 4 is 29.5 Å². The average Bonchev–Trinajstić information content (AvgIpc) is 3.29. The highest BCUT2D eigenvalue weighted by atomic mass is 16.2. The minimum absolute atomic E-state index is 0.265. The molecule has 1 aliphatic rings. The quantitative estimate of drug-likeness (QED) is 0.505. The fourth-order valence-electron chi connectivity index (χ4n) is 4.46. The SMILES string of the molecule is CCC(NC(=O)N1C(=O)[C@H](Cc2ccnc(N)c2)[C@H]1C(=O)N(C)c1ccnn1C)c1ccccc1. The lowest BCUT2D eigenvalue weighted by Gasteiger charge is -2.46. The van der Waals surface area contributed by atoms with Gasteiger partial charge in [0.2, 0.25) is 5.91 Å². The number of amides is 4. The Morgan fingerprint density at radius 3 is 2.54 bits per heavy atom. The van der Waals surface area contributed by atoms with E-state index in [1.165, 1.54) is 4.90 Å². The van der Waals surface area contributed by atoms with E-state index < -0.39 is 23.9 Å². The van der Waals surface area contributed by atoms with Gasteiger partial charge in [-0.1, -0.05) is 37.3 Å². The lowest BCUT2D eigenvalue weighted by atomic mass is 9.81. The zero-order valence-electron chi connectivity index (χ0n) is 20.0. The summed E-state index contributed by atoms with van der Waals surface area (Å²) in [5.41, 5.74) is 7.49. The topological polar surface area (TPSA) is 126 Å². The first kappa shape index (κ1) is 23.9. The third kappa shape index (κ3) is 4.72. The number of nitrogens with two attached hydrogens (primary N) is 1. The smallest absolute Gasteiger partial charge is 0.325 e. The Morgan fingerprint density at radius 2 is 1.91 bits per heavy atom. The number of likely N-dealkylation sites (tertiary alicyclic amines) is 1. The number of aryl methyl sites for hydroxylation is 1. The van der Waals surface area contributed by atoms with Crippen molar-refractivity contribution in [3.63, 3.8) is 0 Å². The lowest BCUT2D eigenvalue weighted by Crippen LogP contribution is -2.70. The van der Waals surface area contributed by atoms with Crippen molar-refractivity contribution in [2.24, 2.45) is 13.0 Å². The number of carbonyl (C=O) groups excluding carboxylic acids is 3. The fraction of sp³-hybridized carbons (Fsp3) is 0.320. The number of likely N-dealkylation sites (N-methyl/N-ethyl adjacent to an activating group) is 1. The van der Waals surface area contributed by atoms with Crippen LogP contribution in [0.1, 0.15) is 30.5 Å². The number of aromatic nitrogens is 3. The Morgan fingerprint density at radius 1 is 1.17 bits per heavy atom. The minimum atomic E-state index is -0.968. The van der Waals surface area contributed by atoms with E-state index in [0.29, 0.717) is 18.1 Å². The number of nitrogens with zero attached hydrogens (tertiary/aromatic N) is 5. The van der Waals surface area contributed by atoms with E-state index in [1.807, 2.05) is 37.3 Å². The maximum absolute atomic E-state index is 13.6. The molecule has 0 bridgehead atoms. The molecule has 4 amide bonds. The van der Waals surface area contributed by atoms with Gasteiger partial charge in [0.1, 0.15) is 17.7 Å². The van der Waals surface area contributed by atoms with Crippen molar-refractivity contribution < 1.29 is 14.4 Å². The van der Waals surface area contributed by atoms with Crippen LogP contribution >= 0.6 is 0 Å². The number of β-lactam (4-membered cyclic amide) rings is 1. The standard InChI is InChI=1S/C25H29N7O3/c1-4-19(17-8-6-5-7-9-17)29-25(35)32-22(24(34)30(2)21-11-13-28-31(21)3)18(23(32)33)14-16-10-12-27-20(26)15-16/h5-13,15,18-19,22H,4,14H2,1-3H3,(H2,26,27)(H,29,35)/t18-,19?,22+/m1/s1. The third-order valence-electron chi connectivity index (χ3n) is 6.36. The van der Waals surface area contributed by atoms with E-state index in [0.717, 1.165) is 16.0 Å². The number of hydrogen-bond donors (Lipinski definition) is 2. The summed E-state index contributed by atoms with van der Waals surface area (Å²) in [4.78, 5) is 46.6. The van der Waals surface area contributed by atoms with Crippen molar-refractivity contribution in [2.75, 3.05) is 17.7 Å². The number of benzene rings is 1. The zero-order chi connectivity index (χ0) is 25.1. The normalized spacial score (nSPS) is 18.0. The Hall–Kier alpha value is -4.21. The second kappa shape index (κ2) is 9.96. The second-order valence-corrected chi connectivity index (χ2v) is 8.58. The van der Waals surface area contributed by atoms with Crippen LogP contribution in [0.4, 0.5) is 16.4 Å². The zero-order valence-corrected chi connectivity index (χ0v) is 20.0. The van der Waals surface area contributed by atoms with Crippen LogP contribution in [0.25, 0.3) is 0 Å². The lowest BCUT2D eigenvalue weighted by molar-refractivity contribution is -0.156. The molecule has 3 heterocycles. The molecule has 10 nitrogen and oxygen atoms in total. The van der Waals surface area contributed by atoms with Crippen LogP contribution in [-0.2, 0) is 23.1 Å². The maximum Gasteiger partial charge on any atom is 0.325 e. The van der Waals surface area contributed by atoms with Gasteiger partial charge >= 0.3 is 6.03 Å². The Balaban J connectivity index is 1.60. The van der Waals surface area contributed by atoms with E-state index in [9.17, 15) is 14.4 Å². The first-order valence-electron chi connectivity index (χ1n) is 11.5. The molecule has 1 fully saturated rings. The molecular weight excluding hydrogens is 446 g/mol. The molecular formula is C25H29N7O3. The molecule has 3 N–H and O–H groups in total. The predicted molar refractivity (Wildman–Crippen MR) is 131 cm³/mol. The summed E-state index contributed by atoms with van der Waals surface area (Å²) in [6.45, 7) is 1.95. The molecule has 2 aromatic heterocycles. The van der Waals surface area contributed by atoms with Crippen molar-refractivity contribution in [1.29, 1.82) is 0 Å². The van der Waals surface area contributed by atoms with Crippen molar-refractivity contribution in [1.82, 2.24) is 25.0 Å². The van der Waals surface area contributed by atoms with Crippen LogP contribution in [0, 0.1) is 5.92 Å². The van der Waals surface area contributed by atoms with Gasteiger partial charge in [-0.2, -0.15) is 5.10 Å². The van der Waals surface area contributed by atoms with E-state index in [2.05, 4.69) is 15.4 Å². The van der Waals surface area contributed by atoms with E-state index >= 15 is 0 Å². The van der Waals surface area contributed by atoms with Gasteiger partial charge in [0.25, 0.3) is 5.91 Å². The molecule has 1 saturated heterocycles. The maximum atomic E-state index is 13.6. The van der Waals surface area contributed by atoms with E-state index in [4.69, 9.17) is 5.73 Å². The number of carbonyl (C=O) groups is 3. The molecule has 4 rings (SSSR count). The summed E-state index contributed by atoms with van der Waals surface area (Å²) in [5, 5.41) is 7.04. The number of hydrogen-bond acceptors (Lipinski definition) is 6. The minimum Gasteiger partial charge on any atom is -0.384 e. The van der Waals surface area contributed by atoms with Crippen molar-refractivity contribution in [2.45, 2.75) is 31.8 Å². The molecule has 1 aliphatic heterocycles. The largest absolute Gasteiger partial charge is 0.384 e. The second-order valence-electron chi connectivity index (χ2n) is 8.58. The van der Waals surface area contributed by atoms with Gasteiger partial charge < -0.3 is 11.1 Å². The van der Waals surface area contributed by atoms with Gasteiger partial charge in [-0.05, 0) is 36.1 Å². The van der Waals surface area contributed by atoms with E-state index in [1.54, 1.807) is 49.4 Å². The molecule has 0 radical (unpaired) electrons. The number of anilines is 2. The molecule has 10 heteroatoms. The highest BCUT2D eigenvalue weighted by Gasteiger charge is 2.55. The van der Waals surface area contributed by atoms with Crippen LogP contribution in [0.5, 0.6) is 0 Å². The van der Waals surface area contributed by atoms with Gasteiger partial charge in [0.05, 0.1) is 18.2 Å².